The second-order valence-corrected chi connectivity index (χ2v) is 7.59. The summed E-state index contributed by atoms with van der Waals surface area (Å²) in [6.45, 7) is 9.59. The average molecular weight is 309 g/mol. The molecule has 0 radical (unpaired) electrons. The molecule has 20 heavy (non-hydrogen) atoms. The lowest BCUT2D eigenvalue weighted by Gasteiger charge is -2.14. The molecule has 1 unspecified atom stereocenters. The van der Waals surface area contributed by atoms with Crippen molar-refractivity contribution in [1.29, 1.82) is 0 Å². The number of halogens is 1. The molecule has 1 N–H and O–H groups in total. The second kappa shape index (κ2) is 6.25. The normalized spacial score (nSPS) is 13.4. The van der Waals surface area contributed by atoms with E-state index >= 15 is 0 Å². The van der Waals surface area contributed by atoms with Gasteiger partial charge in [-0.05, 0) is 24.6 Å². The van der Waals surface area contributed by atoms with Gasteiger partial charge in [-0.3, -0.25) is 0 Å². The third kappa shape index (κ3) is 4.05. The third-order valence-electron chi connectivity index (χ3n) is 3.15. The van der Waals surface area contributed by atoms with Gasteiger partial charge in [-0.2, -0.15) is 0 Å². The van der Waals surface area contributed by atoms with Crippen LogP contribution in [0.5, 0.6) is 0 Å². The molecule has 2 aromatic rings. The lowest BCUT2D eigenvalue weighted by molar-refractivity contribution is 0.578. The van der Waals surface area contributed by atoms with Gasteiger partial charge in [-0.15, -0.1) is 11.3 Å². The van der Waals surface area contributed by atoms with Crippen molar-refractivity contribution in [3.05, 3.63) is 50.9 Å². The van der Waals surface area contributed by atoms with E-state index in [9.17, 15) is 0 Å². The monoisotopic (exact) mass is 308 g/mol. The molecule has 2 nitrogen and oxygen atoms in total. The largest absolute Gasteiger partial charge is 0.305 e. The van der Waals surface area contributed by atoms with E-state index in [4.69, 9.17) is 11.6 Å². The van der Waals surface area contributed by atoms with E-state index in [0.717, 1.165) is 11.6 Å². The molecule has 0 amide bonds. The summed E-state index contributed by atoms with van der Waals surface area (Å²) < 4.78 is 0. The zero-order valence-corrected chi connectivity index (χ0v) is 14.0. The van der Waals surface area contributed by atoms with Crippen molar-refractivity contribution in [1.82, 2.24) is 10.3 Å². The first kappa shape index (κ1) is 15.5. The van der Waals surface area contributed by atoms with Crippen LogP contribution in [0.2, 0.25) is 5.02 Å². The number of benzene rings is 1. The van der Waals surface area contributed by atoms with Crippen molar-refractivity contribution in [3.63, 3.8) is 0 Å². The number of thiazole rings is 1. The molecule has 0 spiro atoms. The van der Waals surface area contributed by atoms with Crippen molar-refractivity contribution < 1.29 is 0 Å². The van der Waals surface area contributed by atoms with Gasteiger partial charge in [-0.25, -0.2) is 4.98 Å². The number of nitrogens with zero attached hydrogens (tertiary/aromatic N) is 1. The quantitative estimate of drug-likeness (QED) is 0.865. The van der Waals surface area contributed by atoms with Gasteiger partial charge in [0.2, 0.25) is 0 Å². The minimum atomic E-state index is 0.130. The van der Waals surface area contributed by atoms with Gasteiger partial charge in [0.15, 0.2) is 0 Å². The first-order valence-electron chi connectivity index (χ1n) is 6.80. The summed E-state index contributed by atoms with van der Waals surface area (Å²) in [6.07, 6.45) is 1.98. The Bertz CT molecular complexity index is 555. The Morgan fingerprint density at radius 1 is 1.25 bits per heavy atom. The lowest BCUT2D eigenvalue weighted by Crippen LogP contribution is -2.17. The Morgan fingerprint density at radius 2 is 1.90 bits per heavy atom. The smallest absolute Gasteiger partial charge is 0.0981 e. The predicted octanol–water partition coefficient (Wildman–Crippen LogP) is 4.94. The maximum absolute atomic E-state index is 5.91. The van der Waals surface area contributed by atoms with E-state index in [1.807, 2.05) is 18.3 Å². The standard InChI is InChI=1S/C16H21ClN2S/c1-11(12-5-7-13(17)8-6-12)18-9-14-10-19-15(20-14)16(2,3)4/h5-8,10-11,18H,9H2,1-4H3. The molecule has 2 rings (SSSR count). The molecule has 0 aliphatic carbocycles. The van der Waals surface area contributed by atoms with E-state index < -0.39 is 0 Å². The van der Waals surface area contributed by atoms with Crippen LogP contribution < -0.4 is 5.32 Å². The highest BCUT2D eigenvalue weighted by atomic mass is 35.5. The fraction of sp³-hybridized carbons (Fsp3) is 0.438. The summed E-state index contributed by atoms with van der Waals surface area (Å²) in [5.41, 5.74) is 1.38. The van der Waals surface area contributed by atoms with Crippen LogP contribution in [0.1, 0.15) is 49.2 Å². The Hall–Kier alpha value is -0.900. The van der Waals surface area contributed by atoms with Crippen LogP contribution in [-0.2, 0) is 12.0 Å². The van der Waals surface area contributed by atoms with Gasteiger partial charge >= 0.3 is 0 Å². The van der Waals surface area contributed by atoms with Crippen LogP contribution >= 0.6 is 22.9 Å². The van der Waals surface area contributed by atoms with E-state index in [0.29, 0.717) is 6.04 Å². The highest BCUT2D eigenvalue weighted by Gasteiger charge is 2.18. The topological polar surface area (TPSA) is 24.9 Å². The van der Waals surface area contributed by atoms with E-state index in [1.165, 1.54) is 15.4 Å². The number of hydrogen-bond donors (Lipinski definition) is 1. The van der Waals surface area contributed by atoms with Gasteiger partial charge in [0.05, 0.1) is 5.01 Å². The zero-order chi connectivity index (χ0) is 14.8. The van der Waals surface area contributed by atoms with Crippen molar-refractivity contribution in [2.24, 2.45) is 0 Å². The number of nitrogens with one attached hydrogen (secondary N) is 1. The molecule has 0 aliphatic heterocycles. The van der Waals surface area contributed by atoms with Crippen molar-refractivity contribution in [2.75, 3.05) is 0 Å². The summed E-state index contributed by atoms with van der Waals surface area (Å²) in [5.74, 6) is 0. The highest BCUT2D eigenvalue weighted by molar-refractivity contribution is 7.11. The van der Waals surface area contributed by atoms with Crippen LogP contribution in [0, 0.1) is 0 Å². The molecule has 1 atom stereocenters. The molecule has 4 heteroatoms. The lowest BCUT2D eigenvalue weighted by atomic mass is 9.98. The van der Waals surface area contributed by atoms with Gasteiger partial charge in [0, 0.05) is 34.1 Å². The molecule has 108 valence electrons. The van der Waals surface area contributed by atoms with E-state index in [2.05, 4.69) is 50.1 Å². The zero-order valence-electron chi connectivity index (χ0n) is 12.4. The molecule has 0 saturated carbocycles. The van der Waals surface area contributed by atoms with Gasteiger partial charge in [-0.1, -0.05) is 44.5 Å². The molecule has 1 aromatic carbocycles. The number of rotatable bonds is 4. The Labute approximate surface area is 130 Å². The SMILES string of the molecule is CC(NCc1cnc(C(C)(C)C)s1)c1ccc(Cl)cc1. The Morgan fingerprint density at radius 3 is 2.45 bits per heavy atom. The molecule has 0 aliphatic rings. The maximum Gasteiger partial charge on any atom is 0.0981 e. The Kier molecular flexibility index (Phi) is 4.84. The van der Waals surface area contributed by atoms with Crippen LogP contribution in [-0.4, -0.2) is 4.98 Å². The van der Waals surface area contributed by atoms with Crippen molar-refractivity contribution in [3.8, 4) is 0 Å². The average Bonchev–Trinajstić information content (AvgIpc) is 2.85. The van der Waals surface area contributed by atoms with Crippen LogP contribution in [0.15, 0.2) is 30.5 Å². The number of hydrogen-bond acceptors (Lipinski definition) is 3. The summed E-state index contributed by atoms with van der Waals surface area (Å²) in [6, 6.07) is 8.28. The maximum atomic E-state index is 5.91. The van der Waals surface area contributed by atoms with Crippen LogP contribution in [0.25, 0.3) is 0 Å². The minimum Gasteiger partial charge on any atom is -0.305 e. The van der Waals surface area contributed by atoms with Gasteiger partial charge in [0.1, 0.15) is 0 Å². The molecular weight excluding hydrogens is 288 g/mol. The first-order valence-corrected chi connectivity index (χ1v) is 8.00. The molecule has 1 heterocycles. The van der Waals surface area contributed by atoms with Crippen molar-refractivity contribution in [2.45, 2.75) is 45.7 Å². The highest BCUT2D eigenvalue weighted by Crippen LogP contribution is 2.27. The molecular formula is C16H21ClN2S. The number of aromatic nitrogens is 1. The summed E-state index contributed by atoms with van der Waals surface area (Å²) in [4.78, 5) is 5.78. The minimum absolute atomic E-state index is 0.130. The van der Waals surface area contributed by atoms with Crippen LogP contribution in [0.3, 0.4) is 0 Å². The second-order valence-electron chi connectivity index (χ2n) is 6.04. The molecule has 1 aromatic heterocycles. The predicted molar refractivity (Wildman–Crippen MR) is 87.5 cm³/mol. The van der Waals surface area contributed by atoms with Gasteiger partial charge in [0.25, 0.3) is 0 Å². The fourth-order valence-electron chi connectivity index (χ4n) is 1.86. The Balaban J connectivity index is 1.95. The van der Waals surface area contributed by atoms with Crippen molar-refractivity contribution >= 4 is 22.9 Å². The molecule has 0 saturated heterocycles. The van der Waals surface area contributed by atoms with Crippen LogP contribution in [0.4, 0.5) is 0 Å². The molecule has 0 fully saturated rings. The van der Waals surface area contributed by atoms with Gasteiger partial charge < -0.3 is 5.32 Å². The van der Waals surface area contributed by atoms with E-state index in [-0.39, 0.29) is 5.41 Å². The summed E-state index contributed by atoms with van der Waals surface area (Å²) in [5, 5.41) is 5.49. The fourth-order valence-corrected chi connectivity index (χ4v) is 2.91. The summed E-state index contributed by atoms with van der Waals surface area (Å²) in [7, 11) is 0. The first-order chi connectivity index (χ1) is 9.36. The summed E-state index contributed by atoms with van der Waals surface area (Å²) >= 11 is 7.69. The molecule has 0 bridgehead atoms. The van der Waals surface area contributed by atoms with E-state index in [1.54, 1.807) is 11.3 Å². The third-order valence-corrected chi connectivity index (χ3v) is 4.82.